The summed E-state index contributed by atoms with van der Waals surface area (Å²) in [7, 11) is 1.68. The van der Waals surface area contributed by atoms with Crippen molar-refractivity contribution in [3.05, 3.63) is 48.3 Å². The number of amides is 1. The van der Waals surface area contributed by atoms with Gasteiger partial charge in [-0.3, -0.25) is 9.48 Å². The highest BCUT2D eigenvalue weighted by Gasteiger charge is 2.38. The third kappa shape index (κ3) is 3.38. The minimum atomic E-state index is -0.298. The van der Waals surface area contributed by atoms with Crippen molar-refractivity contribution >= 4 is 5.91 Å². The van der Waals surface area contributed by atoms with Crippen LogP contribution in [0.2, 0.25) is 0 Å². The van der Waals surface area contributed by atoms with Gasteiger partial charge in [-0.2, -0.15) is 5.10 Å². The smallest absolute Gasteiger partial charge is 0.222 e. The number of aryl methyl sites for hydroxylation is 1. The van der Waals surface area contributed by atoms with Gasteiger partial charge in [0.25, 0.3) is 0 Å². The summed E-state index contributed by atoms with van der Waals surface area (Å²) < 4.78 is 7.30. The fourth-order valence-electron chi connectivity index (χ4n) is 3.46. The van der Waals surface area contributed by atoms with E-state index in [1.165, 1.54) is 0 Å². The number of nitrogens with zero attached hydrogens (tertiary/aromatic N) is 2. The van der Waals surface area contributed by atoms with Crippen molar-refractivity contribution in [2.45, 2.75) is 44.2 Å². The maximum atomic E-state index is 12.5. The van der Waals surface area contributed by atoms with E-state index in [4.69, 9.17) is 4.74 Å². The maximum absolute atomic E-state index is 12.5. The lowest BCUT2D eigenvalue weighted by Crippen LogP contribution is -2.44. The number of hydrogen-bond acceptors (Lipinski definition) is 3. The average molecular weight is 313 g/mol. The van der Waals surface area contributed by atoms with Gasteiger partial charge in [0.05, 0.1) is 12.6 Å². The fraction of sp³-hybridized carbons (Fsp3) is 0.444. The van der Waals surface area contributed by atoms with Crippen molar-refractivity contribution in [1.82, 2.24) is 15.1 Å². The second kappa shape index (κ2) is 6.86. The number of benzene rings is 1. The van der Waals surface area contributed by atoms with Crippen LogP contribution in [0.25, 0.3) is 0 Å². The van der Waals surface area contributed by atoms with E-state index in [-0.39, 0.29) is 11.4 Å². The SMILES string of the molecule is COc1ccccc1C1(NC(=O)CCn2cccn2)CCCC1. The summed E-state index contributed by atoms with van der Waals surface area (Å²) in [5.74, 6) is 0.912. The van der Waals surface area contributed by atoms with Crippen LogP contribution in [0.4, 0.5) is 0 Å². The lowest BCUT2D eigenvalue weighted by atomic mass is 9.87. The van der Waals surface area contributed by atoms with Crippen molar-refractivity contribution in [3.63, 3.8) is 0 Å². The highest BCUT2D eigenvalue weighted by molar-refractivity contribution is 5.77. The number of para-hydroxylation sites is 1. The predicted octanol–water partition coefficient (Wildman–Crippen LogP) is 2.87. The van der Waals surface area contributed by atoms with Gasteiger partial charge in [0.15, 0.2) is 0 Å². The van der Waals surface area contributed by atoms with Gasteiger partial charge in [0, 0.05) is 30.9 Å². The normalized spacial score (nSPS) is 16.2. The molecule has 1 aliphatic rings. The van der Waals surface area contributed by atoms with Gasteiger partial charge in [-0.05, 0) is 25.0 Å². The largest absolute Gasteiger partial charge is 0.496 e. The summed E-state index contributed by atoms with van der Waals surface area (Å²) >= 11 is 0. The molecule has 122 valence electrons. The number of ether oxygens (including phenoxy) is 1. The zero-order valence-corrected chi connectivity index (χ0v) is 13.5. The molecule has 1 aliphatic carbocycles. The lowest BCUT2D eigenvalue weighted by molar-refractivity contribution is -0.123. The molecule has 1 heterocycles. The Morgan fingerprint density at radius 2 is 2.09 bits per heavy atom. The number of carbonyl (C=O) groups excluding carboxylic acids is 1. The Morgan fingerprint density at radius 3 is 2.78 bits per heavy atom. The molecule has 0 unspecified atom stereocenters. The summed E-state index contributed by atoms with van der Waals surface area (Å²) in [5.41, 5.74) is 0.792. The van der Waals surface area contributed by atoms with Crippen LogP contribution in [0.1, 0.15) is 37.7 Å². The van der Waals surface area contributed by atoms with E-state index in [9.17, 15) is 4.79 Å². The molecule has 1 aromatic carbocycles. The minimum Gasteiger partial charge on any atom is -0.496 e. The first-order valence-electron chi connectivity index (χ1n) is 8.15. The molecule has 1 saturated carbocycles. The molecular formula is C18H23N3O2. The number of aromatic nitrogens is 2. The van der Waals surface area contributed by atoms with Gasteiger partial charge in [-0.15, -0.1) is 0 Å². The second-order valence-electron chi connectivity index (χ2n) is 6.06. The molecule has 0 radical (unpaired) electrons. The van der Waals surface area contributed by atoms with E-state index in [0.29, 0.717) is 13.0 Å². The van der Waals surface area contributed by atoms with Gasteiger partial charge < -0.3 is 10.1 Å². The molecular weight excluding hydrogens is 290 g/mol. The van der Waals surface area contributed by atoms with Gasteiger partial charge in [-0.25, -0.2) is 0 Å². The summed E-state index contributed by atoms with van der Waals surface area (Å²) in [6.07, 6.45) is 8.19. The Hall–Kier alpha value is -2.30. The summed E-state index contributed by atoms with van der Waals surface area (Å²) in [5, 5.41) is 7.43. The Labute approximate surface area is 136 Å². The third-order valence-corrected chi connectivity index (χ3v) is 4.59. The second-order valence-corrected chi connectivity index (χ2v) is 6.06. The molecule has 0 atom stereocenters. The molecule has 0 aliphatic heterocycles. The molecule has 23 heavy (non-hydrogen) atoms. The standard InChI is InChI=1S/C18H23N3O2/c1-23-16-8-3-2-7-15(16)18(10-4-5-11-18)20-17(22)9-14-21-13-6-12-19-21/h2-3,6-8,12-13H,4-5,9-11,14H2,1H3,(H,20,22). The highest BCUT2D eigenvalue weighted by Crippen LogP contribution is 2.42. The zero-order chi connectivity index (χ0) is 16.1. The van der Waals surface area contributed by atoms with E-state index in [0.717, 1.165) is 37.0 Å². The number of hydrogen-bond donors (Lipinski definition) is 1. The van der Waals surface area contributed by atoms with E-state index in [1.54, 1.807) is 18.0 Å². The molecule has 1 N–H and O–H groups in total. The predicted molar refractivity (Wildman–Crippen MR) is 88.1 cm³/mol. The molecule has 0 saturated heterocycles. The summed E-state index contributed by atoms with van der Waals surface area (Å²) in [4.78, 5) is 12.5. The summed E-state index contributed by atoms with van der Waals surface area (Å²) in [6, 6.07) is 9.87. The first-order chi connectivity index (χ1) is 11.2. The first-order valence-corrected chi connectivity index (χ1v) is 8.15. The quantitative estimate of drug-likeness (QED) is 0.892. The average Bonchev–Trinajstić information content (AvgIpc) is 3.25. The van der Waals surface area contributed by atoms with Crippen LogP contribution in [0.5, 0.6) is 5.75 Å². The Balaban J connectivity index is 1.74. The molecule has 1 fully saturated rings. The Kier molecular flexibility index (Phi) is 4.65. The molecule has 5 heteroatoms. The zero-order valence-electron chi connectivity index (χ0n) is 13.5. The van der Waals surface area contributed by atoms with Gasteiger partial charge in [0.1, 0.15) is 5.75 Å². The van der Waals surface area contributed by atoms with Crippen molar-refractivity contribution in [1.29, 1.82) is 0 Å². The van der Waals surface area contributed by atoms with Crippen LogP contribution in [-0.2, 0) is 16.9 Å². The highest BCUT2D eigenvalue weighted by atomic mass is 16.5. The number of rotatable bonds is 6. The molecule has 0 spiro atoms. The Bertz CT molecular complexity index is 646. The summed E-state index contributed by atoms with van der Waals surface area (Å²) in [6.45, 7) is 0.598. The fourth-order valence-corrected chi connectivity index (χ4v) is 3.46. The van der Waals surface area contributed by atoms with Crippen molar-refractivity contribution in [2.24, 2.45) is 0 Å². The molecule has 0 bridgehead atoms. The van der Waals surface area contributed by atoms with Crippen LogP contribution < -0.4 is 10.1 Å². The molecule has 5 nitrogen and oxygen atoms in total. The van der Waals surface area contributed by atoms with Crippen molar-refractivity contribution < 1.29 is 9.53 Å². The van der Waals surface area contributed by atoms with Crippen LogP contribution in [-0.4, -0.2) is 22.8 Å². The molecule has 3 rings (SSSR count). The topological polar surface area (TPSA) is 56.1 Å². The first kappa shape index (κ1) is 15.6. The van der Waals surface area contributed by atoms with Crippen LogP contribution in [0, 0.1) is 0 Å². The third-order valence-electron chi connectivity index (χ3n) is 4.59. The monoisotopic (exact) mass is 313 g/mol. The van der Waals surface area contributed by atoms with E-state index in [2.05, 4.69) is 16.5 Å². The minimum absolute atomic E-state index is 0.0632. The number of carbonyl (C=O) groups is 1. The number of methoxy groups -OCH3 is 1. The van der Waals surface area contributed by atoms with Crippen LogP contribution in [0.3, 0.4) is 0 Å². The van der Waals surface area contributed by atoms with Crippen LogP contribution >= 0.6 is 0 Å². The van der Waals surface area contributed by atoms with Gasteiger partial charge >= 0.3 is 0 Å². The van der Waals surface area contributed by atoms with E-state index >= 15 is 0 Å². The maximum Gasteiger partial charge on any atom is 0.222 e. The van der Waals surface area contributed by atoms with E-state index < -0.39 is 0 Å². The van der Waals surface area contributed by atoms with Crippen molar-refractivity contribution in [2.75, 3.05) is 7.11 Å². The van der Waals surface area contributed by atoms with Gasteiger partial charge in [-0.1, -0.05) is 31.0 Å². The number of nitrogens with one attached hydrogen (secondary N) is 1. The molecule has 2 aromatic rings. The van der Waals surface area contributed by atoms with E-state index in [1.807, 2.05) is 30.5 Å². The lowest BCUT2D eigenvalue weighted by Gasteiger charge is -2.32. The molecule has 1 amide bonds. The molecule has 1 aromatic heterocycles. The van der Waals surface area contributed by atoms with Crippen LogP contribution in [0.15, 0.2) is 42.7 Å². The van der Waals surface area contributed by atoms with Crippen molar-refractivity contribution in [3.8, 4) is 5.75 Å². The Morgan fingerprint density at radius 1 is 1.30 bits per heavy atom. The van der Waals surface area contributed by atoms with Gasteiger partial charge in [0.2, 0.25) is 5.91 Å².